The van der Waals surface area contributed by atoms with Crippen molar-refractivity contribution in [1.29, 1.82) is 0 Å². The fourth-order valence-electron chi connectivity index (χ4n) is 3.05. The highest BCUT2D eigenvalue weighted by molar-refractivity contribution is 5.77. The van der Waals surface area contributed by atoms with Crippen LogP contribution in [0.4, 0.5) is 0 Å². The first-order valence-electron chi connectivity index (χ1n) is 6.71. The van der Waals surface area contributed by atoms with E-state index in [0.717, 1.165) is 32.2 Å². The van der Waals surface area contributed by atoms with Gasteiger partial charge in [-0.05, 0) is 19.8 Å². The minimum atomic E-state index is 0.297. The summed E-state index contributed by atoms with van der Waals surface area (Å²) in [5, 5.41) is 0. The summed E-state index contributed by atoms with van der Waals surface area (Å²) < 4.78 is 0. The molecule has 0 aromatic heterocycles. The Kier molecular flexibility index (Phi) is 4.36. The van der Waals surface area contributed by atoms with Crippen molar-refractivity contribution in [2.75, 3.05) is 32.7 Å². The van der Waals surface area contributed by atoms with E-state index in [9.17, 15) is 4.79 Å². The third-order valence-corrected chi connectivity index (χ3v) is 3.94. The molecule has 0 radical (unpaired) electrons. The first-order chi connectivity index (χ1) is 7.75. The molecule has 0 bridgehead atoms. The first-order valence-corrected chi connectivity index (χ1v) is 6.71. The number of carbonyl (C=O) groups excluding carboxylic acids is 1. The van der Waals surface area contributed by atoms with Crippen LogP contribution in [0.1, 0.15) is 39.0 Å². The predicted octanol–water partition coefficient (Wildman–Crippen LogP) is 1.53. The second kappa shape index (κ2) is 5.78. The van der Waals surface area contributed by atoms with Gasteiger partial charge < -0.3 is 0 Å². The molecule has 2 fully saturated rings. The third kappa shape index (κ3) is 3.29. The van der Waals surface area contributed by atoms with Gasteiger partial charge in [0.2, 0.25) is 0 Å². The highest BCUT2D eigenvalue weighted by Crippen LogP contribution is 2.23. The first kappa shape index (κ1) is 12.1. The monoisotopic (exact) mass is 224 g/mol. The van der Waals surface area contributed by atoms with E-state index >= 15 is 0 Å². The van der Waals surface area contributed by atoms with Gasteiger partial charge >= 0.3 is 0 Å². The topological polar surface area (TPSA) is 23.6 Å². The van der Waals surface area contributed by atoms with Crippen molar-refractivity contribution in [2.45, 2.75) is 45.1 Å². The Morgan fingerprint density at radius 1 is 1.06 bits per heavy atom. The molecule has 1 heterocycles. The number of rotatable bonds is 3. The zero-order valence-corrected chi connectivity index (χ0v) is 10.5. The van der Waals surface area contributed by atoms with Crippen molar-refractivity contribution in [3.05, 3.63) is 0 Å². The van der Waals surface area contributed by atoms with Crippen LogP contribution in [0.5, 0.6) is 0 Å². The molecule has 0 atom stereocenters. The van der Waals surface area contributed by atoms with Gasteiger partial charge in [0.25, 0.3) is 0 Å². The van der Waals surface area contributed by atoms with Gasteiger partial charge in [-0.15, -0.1) is 0 Å². The van der Waals surface area contributed by atoms with Crippen LogP contribution in [-0.4, -0.2) is 54.3 Å². The number of nitrogens with zero attached hydrogens (tertiary/aromatic N) is 2. The lowest BCUT2D eigenvalue weighted by atomic mass is 9.94. The lowest BCUT2D eigenvalue weighted by Gasteiger charge is -2.40. The molecule has 1 aliphatic carbocycles. The Bertz CT molecular complexity index is 228. The summed E-state index contributed by atoms with van der Waals surface area (Å²) >= 11 is 0. The zero-order chi connectivity index (χ0) is 11.4. The number of hydrogen-bond acceptors (Lipinski definition) is 3. The molecular weight excluding hydrogens is 200 g/mol. The SMILES string of the molecule is CC(=O)CN1CCN(C2CCCCC2)CC1. The van der Waals surface area contributed by atoms with Crippen LogP contribution in [0.25, 0.3) is 0 Å². The van der Waals surface area contributed by atoms with E-state index in [1.807, 2.05) is 0 Å². The standard InChI is InChI=1S/C13H24N2O/c1-12(16)11-14-7-9-15(10-8-14)13-5-3-2-4-6-13/h13H,2-11H2,1H3. The van der Waals surface area contributed by atoms with E-state index in [1.165, 1.54) is 32.1 Å². The Morgan fingerprint density at radius 2 is 1.69 bits per heavy atom. The van der Waals surface area contributed by atoms with Gasteiger partial charge in [0.1, 0.15) is 5.78 Å². The van der Waals surface area contributed by atoms with E-state index in [1.54, 1.807) is 6.92 Å². The maximum Gasteiger partial charge on any atom is 0.143 e. The molecule has 0 amide bonds. The molecule has 0 unspecified atom stereocenters. The average molecular weight is 224 g/mol. The van der Waals surface area contributed by atoms with Crippen LogP contribution in [0.3, 0.4) is 0 Å². The van der Waals surface area contributed by atoms with Gasteiger partial charge in [0.05, 0.1) is 6.54 Å². The van der Waals surface area contributed by atoms with Gasteiger partial charge in [0, 0.05) is 32.2 Å². The maximum absolute atomic E-state index is 11.0. The molecule has 0 aromatic carbocycles. The molecule has 0 N–H and O–H groups in total. The molecule has 1 aliphatic heterocycles. The summed E-state index contributed by atoms with van der Waals surface area (Å²) in [6.07, 6.45) is 7.05. The van der Waals surface area contributed by atoms with Crippen LogP contribution < -0.4 is 0 Å². The van der Waals surface area contributed by atoms with Crippen molar-refractivity contribution in [3.8, 4) is 0 Å². The molecule has 2 aliphatic rings. The van der Waals surface area contributed by atoms with Crippen molar-refractivity contribution >= 4 is 5.78 Å². The average Bonchev–Trinajstić information content (AvgIpc) is 2.30. The fraction of sp³-hybridized carbons (Fsp3) is 0.923. The van der Waals surface area contributed by atoms with Gasteiger partial charge in [0.15, 0.2) is 0 Å². The lowest BCUT2D eigenvalue weighted by molar-refractivity contribution is -0.118. The Balaban J connectivity index is 1.73. The van der Waals surface area contributed by atoms with Crippen LogP contribution in [0.15, 0.2) is 0 Å². The predicted molar refractivity (Wildman–Crippen MR) is 65.6 cm³/mol. The molecular formula is C13H24N2O. The van der Waals surface area contributed by atoms with Crippen LogP contribution >= 0.6 is 0 Å². The van der Waals surface area contributed by atoms with Crippen LogP contribution in [-0.2, 0) is 4.79 Å². The highest BCUT2D eigenvalue weighted by atomic mass is 16.1. The summed E-state index contributed by atoms with van der Waals surface area (Å²) in [4.78, 5) is 16.0. The molecule has 3 heteroatoms. The molecule has 92 valence electrons. The Hall–Kier alpha value is -0.410. The van der Waals surface area contributed by atoms with E-state index in [2.05, 4.69) is 9.80 Å². The lowest BCUT2D eigenvalue weighted by Crippen LogP contribution is -2.51. The van der Waals surface area contributed by atoms with Gasteiger partial charge in [-0.2, -0.15) is 0 Å². The molecule has 3 nitrogen and oxygen atoms in total. The van der Waals surface area contributed by atoms with Crippen LogP contribution in [0.2, 0.25) is 0 Å². The summed E-state index contributed by atoms with van der Waals surface area (Å²) in [5.74, 6) is 0.297. The quantitative estimate of drug-likeness (QED) is 0.726. The van der Waals surface area contributed by atoms with Gasteiger partial charge in [-0.25, -0.2) is 0 Å². The number of Topliss-reactive ketones (excluding diaryl/α,β-unsaturated/α-hetero) is 1. The zero-order valence-electron chi connectivity index (χ0n) is 10.5. The van der Waals surface area contributed by atoms with E-state index in [0.29, 0.717) is 12.3 Å². The molecule has 16 heavy (non-hydrogen) atoms. The maximum atomic E-state index is 11.0. The molecule has 1 saturated carbocycles. The number of ketones is 1. The third-order valence-electron chi connectivity index (χ3n) is 3.94. The van der Waals surface area contributed by atoms with Crippen molar-refractivity contribution < 1.29 is 4.79 Å². The molecule has 1 saturated heterocycles. The summed E-state index contributed by atoms with van der Waals surface area (Å²) in [7, 11) is 0. The fourth-order valence-corrected chi connectivity index (χ4v) is 3.05. The smallest absolute Gasteiger partial charge is 0.143 e. The summed E-state index contributed by atoms with van der Waals surface area (Å²) in [6.45, 7) is 6.83. The Morgan fingerprint density at radius 3 is 2.25 bits per heavy atom. The summed E-state index contributed by atoms with van der Waals surface area (Å²) in [6, 6.07) is 0.841. The van der Waals surface area contributed by atoms with Crippen molar-refractivity contribution in [1.82, 2.24) is 9.80 Å². The molecule has 2 rings (SSSR count). The largest absolute Gasteiger partial charge is 0.299 e. The molecule has 0 aromatic rings. The van der Waals surface area contributed by atoms with Crippen LogP contribution in [0, 0.1) is 0 Å². The highest BCUT2D eigenvalue weighted by Gasteiger charge is 2.25. The van der Waals surface area contributed by atoms with Crippen molar-refractivity contribution in [2.24, 2.45) is 0 Å². The number of hydrogen-bond donors (Lipinski definition) is 0. The van der Waals surface area contributed by atoms with Crippen molar-refractivity contribution in [3.63, 3.8) is 0 Å². The minimum absolute atomic E-state index is 0.297. The van der Waals surface area contributed by atoms with Gasteiger partial charge in [-0.3, -0.25) is 14.6 Å². The minimum Gasteiger partial charge on any atom is -0.299 e. The number of piperazine rings is 1. The normalized spacial score (nSPS) is 25.8. The van der Waals surface area contributed by atoms with E-state index in [4.69, 9.17) is 0 Å². The second-order valence-electron chi connectivity index (χ2n) is 5.31. The molecule has 0 spiro atoms. The van der Waals surface area contributed by atoms with E-state index < -0.39 is 0 Å². The summed E-state index contributed by atoms with van der Waals surface area (Å²) in [5.41, 5.74) is 0. The number of carbonyl (C=O) groups is 1. The van der Waals surface area contributed by atoms with E-state index in [-0.39, 0.29) is 0 Å². The second-order valence-corrected chi connectivity index (χ2v) is 5.31. The Labute approximate surface area is 98.8 Å². The van der Waals surface area contributed by atoms with Gasteiger partial charge in [-0.1, -0.05) is 19.3 Å².